The summed E-state index contributed by atoms with van der Waals surface area (Å²) in [4.78, 5) is 0. The van der Waals surface area contributed by atoms with Gasteiger partial charge in [0.05, 0.1) is 0 Å². The minimum Gasteiger partial charge on any atom is -0.135 e. The monoisotopic (exact) mass is 264 g/mol. The molecular weight excluding hydrogens is 243 g/mol. The lowest BCUT2D eigenvalue weighted by Gasteiger charge is -2.04. The van der Waals surface area contributed by atoms with Crippen molar-refractivity contribution in [3.63, 3.8) is 0 Å². The molecule has 0 aliphatic rings. The second-order valence-corrected chi connectivity index (χ2v) is 10.1. The van der Waals surface area contributed by atoms with E-state index < -0.39 is 6.69 Å². The van der Waals surface area contributed by atoms with Crippen LogP contribution in [0.2, 0.25) is 0 Å². The molecule has 0 saturated carbocycles. The largest absolute Gasteiger partial charge is 0.295 e. The van der Waals surface area contributed by atoms with Crippen molar-refractivity contribution in [1.29, 1.82) is 0 Å². The summed E-state index contributed by atoms with van der Waals surface area (Å²) < 4.78 is 0. The zero-order chi connectivity index (χ0) is 11.6. The summed E-state index contributed by atoms with van der Waals surface area (Å²) in [5.41, 5.74) is 4.02. The minimum atomic E-state index is -2.22. The van der Waals surface area contributed by atoms with Gasteiger partial charge in [0.25, 0.3) is 6.69 Å². The molecule has 15 heavy (non-hydrogen) atoms. The Hall–Kier alpha value is 0.277. The molecule has 0 fully saturated rings. The highest BCUT2D eigenvalue weighted by Crippen LogP contribution is 2.19. The van der Waals surface area contributed by atoms with Crippen LogP contribution in [0.5, 0.6) is 0 Å². The topological polar surface area (TPSA) is 0 Å². The first kappa shape index (κ1) is 15.3. The predicted molar refractivity (Wildman–Crippen MR) is 74.8 cm³/mol. The van der Waals surface area contributed by atoms with Gasteiger partial charge in [-0.3, -0.25) is 0 Å². The molecule has 0 aromatic rings. The third-order valence-corrected chi connectivity index (χ3v) is 5.00. The second kappa shape index (κ2) is 9.50. The van der Waals surface area contributed by atoms with Crippen LogP contribution < -0.4 is 0 Å². The molecule has 0 atom stereocenters. The van der Waals surface area contributed by atoms with E-state index in [4.69, 9.17) is 22.2 Å². The predicted octanol–water partition coefficient (Wildman–Crippen LogP) is 5.48. The van der Waals surface area contributed by atoms with E-state index in [9.17, 15) is 0 Å². The highest BCUT2D eigenvalue weighted by Gasteiger charge is 2.19. The van der Waals surface area contributed by atoms with E-state index in [1.54, 1.807) is 0 Å². The molecule has 0 aliphatic heterocycles. The maximum atomic E-state index is 6.22. The average molecular weight is 265 g/mol. The van der Waals surface area contributed by atoms with Gasteiger partial charge in [-0.15, -0.1) is 22.2 Å². The smallest absolute Gasteiger partial charge is 0.135 e. The highest BCUT2D eigenvalue weighted by atomic mass is 35.7. The van der Waals surface area contributed by atoms with Gasteiger partial charge in [-0.2, -0.15) is 0 Å². The molecule has 0 radical (unpaired) electrons. The first-order chi connectivity index (χ1) is 7.12. The summed E-state index contributed by atoms with van der Waals surface area (Å²) in [5.74, 6) is 0. The van der Waals surface area contributed by atoms with Crippen LogP contribution in [0.25, 0.3) is 0 Å². The van der Waals surface area contributed by atoms with Crippen molar-refractivity contribution in [2.45, 2.75) is 52.4 Å². The van der Waals surface area contributed by atoms with Crippen molar-refractivity contribution in [3.8, 4) is 0 Å². The van der Waals surface area contributed by atoms with Crippen LogP contribution in [0.4, 0.5) is 0 Å². The van der Waals surface area contributed by atoms with Crippen LogP contribution in [-0.4, -0.2) is 6.69 Å². The molecule has 0 heterocycles. The fourth-order valence-electron chi connectivity index (χ4n) is 1.18. The summed E-state index contributed by atoms with van der Waals surface area (Å²) >= 11 is 12.4. The van der Waals surface area contributed by atoms with Gasteiger partial charge in [0.1, 0.15) is 0 Å². The molecular formula is C12H22Cl2Si. The van der Waals surface area contributed by atoms with Crippen molar-refractivity contribution in [2.75, 3.05) is 0 Å². The molecule has 3 heteroatoms. The lowest BCUT2D eigenvalue weighted by atomic mass is 10.2. The third kappa shape index (κ3) is 10.6. The van der Waals surface area contributed by atoms with Crippen molar-refractivity contribution < 1.29 is 0 Å². The highest BCUT2D eigenvalue weighted by molar-refractivity contribution is 7.49. The number of halogens is 2. The minimum absolute atomic E-state index is 1.09. The molecule has 0 aliphatic carbocycles. The Labute approximate surface area is 105 Å². The van der Waals surface area contributed by atoms with Gasteiger partial charge in [0, 0.05) is 0 Å². The van der Waals surface area contributed by atoms with Crippen LogP contribution in [0.3, 0.4) is 0 Å². The van der Waals surface area contributed by atoms with Crippen molar-refractivity contribution in [2.24, 2.45) is 0 Å². The molecule has 0 nitrogen and oxygen atoms in total. The van der Waals surface area contributed by atoms with E-state index in [1.807, 2.05) is 11.4 Å². The van der Waals surface area contributed by atoms with Gasteiger partial charge < -0.3 is 0 Å². The molecule has 88 valence electrons. The van der Waals surface area contributed by atoms with Gasteiger partial charge in [0.2, 0.25) is 0 Å². The van der Waals surface area contributed by atoms with Crippen LogP contribution >= 0.6 is 22.2 Å². The van der Waals surface area contributed by atoms with E-state index in [0.29, 0.717) is 0 Å². The standard InChI is InChI=1S/C12H22Cl2Si/c1-3-5-7-9-11-15(13,14)12-10-8-6-4-2/h9-12H,3-8H2,1-2H3. The van der Waals surface area contributed by atoms with Crippen molar-refractivity contribution in [3.05, 3.63) is 23.6 Å². The molecule has 0 aromatic carbocycles. The Morgan fingerprint density at radius 3 is 1.60 bits per heavy atom. The summed E-state index contributed by atoms with van der Waals surface area (Å²) in [5, 5.41) is 0. The molecule has 0 spiro atoms. The second-order valence-electron chi connectivity index (χ2n) is 3.76. The number of unbranched alkanes of at least 4 members (excludes halogenated alkanes) is 4. The number of rotatable bonds is 8. The molecule has 0 amide bonds. The van der Waals surface area contributed by atoms with E-state index >= 15 is 0 Å². The molecule has 0 aromatic heterocycles. The molecule has 0 rings (SSSR count). The lowest BCUT2D eigenvalue weighted by molar-refractivity contribution is 0.815. The number of allylic oxidation sites excluding steroid dienone is 2. The normalized spacial score (nSPS) is 13.1. The SMILES string of the molecule is CCCCC=C[Si](Cl)(Cl)C=CCCCC. The van der Waals surface area contributed by atoms with E-state index in [-0.39, 0.29) is 0 Å². The molecule has 0 bridgehead atoms. The average Bonchev–Trinajstić information content (AvgIpc) is 2.20. The number of hydrogen-bond donors (Lipinski definition) is 0. The first-order valence-electron chi connectivity index (χ1n) is 5.85. The maximum Gasteiger partial charge on any atom is 0.295 e. The fraction of sp³-hybridized carbons (Fsp3) is 0.667. The third-order valence-electron chi connectivity index (χ3n) is 2.13. The summed E-state index contributed by atoms with van der Waals surface area (Å²) in [7, 11) is 0. The lowest BCUT2D eigenvalue weighted by Crippen LogP contribution is -2.11. The summed E-state index contributed by atoms with van der Waals surface area (Å²) in [6, 6.07) is 0. The van der Waals surface area contributed by atoms with Crippen molar-refractivity contribution >= 4 is 28.9 Å². The van der Waals surface area contributed by atoms with Gasteiger partial charge >= 0.3 is 0 Å². The number of hydrogen-bond acceptors (Lipinski definition) is 0. The van der Waals surface area contributed by atoms with E-state index in [0.717, 1.165) is 12.8 Å². The zero-order valence-electron chi connectivity index (χ0n) is 9.81. The summed E-state index contributed by atoms with van der Waals surface area (Å²) in [6.07, 6.45) is 11.3. The first-order valence-corrected chi connectivity index (χ1v) is 10.0. The van der Waals surface area contributed by atoms with Gasteiger partial charge in [-0.1, -0.05) is 63.1 Å². The maximum absolute atomic E-state index is 6.22. The van der Waals surface area contributed by atoms with Crippen LogP contribution in [0.1, 0.15) is 52.4 Å². The Morgan fingerprint density at radius 2 is 1.27 bits per heavy atom. The van der Waals surface area contributed by atoms with E-state index in [1.165, 1.54) is 25.7 Å². The quantitative estimate of drug-likeness (QED) is 0.310. The van der Waals surface area contributed by atoms with Gasteiger partial charge in [-0.05, 0) is 12.8 Å². The summed E-state index contributed by atoms with van der Waals surface area (Å²) in [6.45, 7) is 2.15. The molecule has 0 saturated heterocycles. The Balaban J connectivity index is 3.83. The van der Waals surface area contributed by atoms with Crippen LogP contribution in [0, 0.1) is 0 Å². The Morgan fingerprint density at radius 1 is 0.867 bits per heavy atom. The van der Waals surface area contributed by atoms with Crippen LogP contribution in [0.15, 0.2) is 23.6 Å². The van der Waals surface area contributed by atoms with Crippen LogP contribution in [-0.2, 0) is 0 Å². The van der Waals surface area contributed by atoms with Gasteiger partial charge in [0.15, 0.2) is 0 Å². The fourth-order valence-corrected chi connectivity index (χ4v) is 3.32. The Kier molecular flexibility index (Phi) is 9.67. The zero-order valence-corrected chi connectivity index (χ0v) is 12.3. The molecule has 0 unspecified atom stereocenters. The van der Waals surface area contributed by atoms with Gasteiger partial charge in [-0.25, -0.2) is 0 Å². The Bertz CT molecular complexity index is 178. The van der Waals surface area contributed by atoms with Crippen molar-refractivity contribution in [1.82, 2.24) is 0 Å². The molecule has 0 N–H and O–H groups in total. The van der Waals surface area contributed by atoms with E-state index in [2.05, 4.69) is 26.0 Å².